The Morgan fingerprint density at radius 1 is 0.964 bits per heavy atom. The molecule has 0 bridgehead atoms. The molecule has 0 amide bonds. The quantitative estimate of drug-likeness (QED) is 0.243. The van der Waals surface area contributed by atoms with Gasteiger partial charge in [0.15, 0.2) is 0 Å². The van der Waals surface area contributed by atoms with E-state index in [2.05, 4.69) is 37.9 Å². The lowest BCUT2D eigenvalue weighted by Crippen LogP contribution is -1.98. The summed E-state index contributed by atoms with van der Waals surface area (Å²) in [6.45, 7) is 0.342. The Labute approximate surface area is 190 Å². The van der Waals surface area contributed by atoms with Crippen molar-refractivity contribution in [3.63, 3.8) is 0 Å². The molecule has 0 aromatic heterocycles. The topological polar surface area (TPSA) is 33.0 Å². The average molecular weight is 538 g/mol. The monoisotopic (exact) mass is 535 g/mol. The number of nitriles is 1. The Kier molecular flexibility index (Phi) is 7.20. The van der Waals surface area contributed by atoms with Crippen LogP contribution in [0.25, 0.3) is 11.6 Å². The van der Waals surface area contributed by atoms with Crippen LogP contribution in [0.15, 0.2) is 69.6 Å². The zero-order valence-electron chi connectivity index (χ0n) is 14.4. The second-order valence-electron chi connectivity index (χ2n) is 5.84. The van der Waals surface area contributed by atoms with Gasteiger partial charge in [-0.05, 0) is 67.8 Å². The Morgan fingerprint density at radius 3 is 2.18 bits per heavy atom. The minimum absolute atomic E-state index is 0.342. The zero-order chi connectivity index (χ0) is 20.1. The van der Waals surface area contributed by atoms with Gasteiger partial charge in [-0.2, -0.15) is 5.26 Å². The molecule has 2 nitrogen and oxygen atoms in total. The number of benzene rings is 3. The predicted octanol–water partition coefficient (Wildman–Crippen LogP) is 8.16. The number of halogens is 4. The third kappa shape index (κ3) is 4.98. The van der Waals surface area contributed by atoms with Crippen molar-refractivity contribution < 1.29 is 4.74 Å². The van der Waals surface area contributed by atoms with E-state index in [1.165, 1.54) is 0 Å². The number of hydrogen-bond acceptors (Lipinski definition) is 2. The van der Waals surface area contributed by atoms with Crippen LogP contribution in [0, 0.1) is 11.3 Å². The molecule has 0 saturated heterocycles. The van der Waals surface area contributed by atoms with Gasteiger partial charge in [-0.3, -0.25) is 0 Å². The van der Waals surface area contributed by atoms with Crippen LogP contribution in [0.3, 0.4) is 0 Å². The second kappa shape index (κ2) is 9.62. The first-order chi connectivity index (χ1) is 13.5. The van der Waals surface area contributed by atoms with Crippen molar-refractivity contribution in [1.29, 1.82) is 5.26 Å². The van der Waals surface area contributed by atoms with Crippen LogP contribution < -0.4 is 4.74 Å². The number of hydrogen-bond donors (Lipinski definition) is 0. The number of ether oxygens (including phenoxy) is 1. The second-order valence-corrected chi connectivity index (χ2v) is 8.37. The molecular formula is C22H13Br2Cl2NO. The molecule has 0 spiro atoms. The first kappa shape index (κ1) is 21.0. The zero-order valence-corrected chi connectivity index (χ0v) is 19.1. The highest BCUT2D eigenvalue weighted by atomic mass is 79.9. The van der Waals surface area contributed by atoms with E-state index in [4.69, 9.17) is 27.9 Å². The fourth-order valence-electron chi connectivity index (χ4n) is 2.58. The van der Waals surface area contributed by atoms with Crippen LogP contribution in [-0.2, 0) is 6.61 Å². The molecule has 0 N–H and O–H groups in total. The third-order valence-corrected chi connectivity index (χ3v) is 5.82. The van der Waals surface area contributed by atoms with Gasteiger partial charge < -0.3 is 4.74 Å². The maximum absolute atomic E-state index is 9.56. The molecule has 0 aliphatic rings. The van der Waals surface area contributed by atoms with Crippen molar-refractivity contribution in [2.24, 2.45) is 0 Å². The number of nitrogens with zero attached hydrogens (tertiary/aromatic N) is 1. The van der Waals surface area contributed by atoms with Gasteiger partial charge >= 0.3 is 0 Å². The van der Waals surface area contributed by atoms with E-state index in [9.17, 15) is 5.26 Å². The molecule has 28 heavy (non-hydrogen) atoms. The lowest BCUT2D eigenvalue weighted by Gasteiger charge is -2.12. The molecule has 3 aromatic rings. The Balaban J connectivity index is 1.88. The third-order valence-electron chi connectivity index (χ3n) is 3.95. The van der Waals surface area contributed by atoms with Gasteiger partial charge in [0.05, 0.1) is 20.6 Å². The lowest BCUT2D eigenvalue weighted by molar-refractivity contribution is 0.302. The minimum atomic E-state index is 0.342. The molecule has 0 radical (unpaired) electrons. The average Bonchev–Trinajstić information content (AvgIpc) is 2.67. The molecule has 0 atom stereocenters. The van der Waals surface area contributed by atoms with E-state index < -0.39 is 0 Å². The normalized spacial score (nSPS) is 11.2. The summed E-state index contributed by atoms with van der Waals surface area (Å²) < 4.78 is 7.46. The Morgan fingerprint density at radius 2 is 1.57 bits per heavy atom. The largest absolute Gasteiger partial charge is 0.486 e. The van der Waals surface area contributed by atoms with Crippen molar-refractivity contribution in [3.8, 4) is 11.8 Å². The standard InChI is InChI=1S/C22H13Br2Cl2NO/c23-18-10-14(9-16(12-27)17-6-2-4-8-21(17)26)11-19(24)22(18)28-13-15-5-1-3-7-20(15)25/h1-11H,13H2. The Bertz CT molecular complexity index is 1070. The van der Waals surface area contributed by atoms with Gasteiger partial charge in [-0.15, -0.1) is 0 Å². The maximum atomic E-state index is 9.56. The minimum Gasteiger partial charge on any atom is -0.486 e. The predicted molar refractivity (Wildman–Crippen MR) is 123 cm³/mol. The molecule has 0 saturated carbocycles. The molecule has 6 heteroatoms. The van der Waals surface area contributed by atoms with Gasteiger partial charge in [0.1, 0.15) is 12.4 Å². The smallest absolute Gasteiger partial charge is 0.148 e. The summed E-state index contributed by atoms with van der Waals surface area (Å²) in [5.41, 5.74) is 2.91. The highest BCUT2D eigenvalue weighted by Gasteiger charge is 2.11. The van der Waals surface area contributed by atoms with E-state index in [1.807, 2.05) is 54.6 Å². The van der Waals surface area contributed by atoms with Crippen molar-refractivity contribution in [2.75, 3.05) is 0 Å². The lowest BCUT2D eigenvalue weighted by atomic mass is 10.0. The molecule has 0 aliphatic heterocycles. The molecule has 3 aromatic carbocycles. The van der Waals surface area contributed by atoms with E-state index >= 15 is 0 Å². The van der Waals surface area contributed by atoms with Gasteiger partial charge in [0, 0.05) is 21.2 Å². The maximum Gasteiger partial charge on any atom is 0.148 e. The molecule has 0 aliphatic carbocycles. The summed E-state index contributed by atoms with van der Waals surface area (Å²) >= 11 is 19.5. The van der Waals surface area contributed by atoms with Crippen LogP contribution in [0.5, 0.6) is 5.75 Å². The summed E-state index contributed by atoms with van der Waals surface area (Å²) in [4.78, 5) is 0. The van der Waals surface area contributed by atoms with E-state index in [1.54, 1.807) is 12.1 Å². The summed E-state index contributed by atoms with van der Waals surface area (Å²) in [6, 6.07) is 20.8. The molecule has 0 heterocycles. The van der Waals surface area contributed by atoms with Crippen molar-refractivity contribution >= 4 is 66.7 Å². The summed E-state index contributed by atoms with van der Waals surface area (Å²) in [5, 5.41) is 10.8. The first-order valence-corrected chi connectivity index (χ1v) is 10.6. The highest BCUT2D eigenvalue weighted by Crippen LogP contribution is 2.37. The van der Waals surface area contributed by atoms with Crippen LogP contribution in [0.1, 0.15) is 16.7 Å². The Hall–Kier alpha value is -1.77. The molecule has 0 fully saturated rings. The van der Waals surface area contributed by atoms with E-state index in [0.29, 0.717) is 33.5 Å². The first-order valence-electron chi connectivity index (χ1n) is 8.21. The van der Waals surface area contributed by atoms with Crippen LogP contribution in [0.2, 0.25) is 10.0 Å². The van der Waals surface area contributed by atoms with E-state index in [-0.39, 0.29) is 0 Å². The van der Waals surface area contributed by atoms with Gasteiger partial charge in [0.2, 0.25) is 0 Å². The van der Waals surface area contributed by atoms with Crippen molar-refractivity contribution in [2.45, 2.75) is 6.61 Å². The summed E-state index contributed by atoms with van der Waals surface area (Å²) in [6.07, 6.45) is 1.79. The fourth-order valence-corrected chi connectivity index (χ4v) is 4.46. The number of rotatable bonds is 5. The molecule has 140 valence electrons. The van der Waals surface area contributed by atoms with Gasteiger partial charge in [0.25, 0.3) is 0 Å². The van der Waals surface area contributed by atoms with Crippen LogP contribution in [0.4, 0.5) is 0 Å². The van der Waals surface area contributed by atoms with Crippen molar-refractivity contribution in [3.05, 3.63) is 96.3 Å². The van der Waals surface area contributed by atoms with Crippen LogP contribution in [-0.4, -0.2) is 0 Å². The van der Waals surface area contributed by atoms with Crippen LogP contribution >= 0.6 is 55.1 Å². The number of allylic oxidation sites excluding steroid dienone is 1. The van der Waals surface area contributed by atoms with E-state index in [0.717, 1.165) is 20.1 Å². The van der Waals surface area contributed by atoms with Gasteiger partial charge in [-0.1, -0.05) is 59.6 Å². The molecular weight excluding hydrogens is 525 g/mol. The highest BCUT2D eigenvalue weighted by molar-refractivity contribution is 9.11. The summed E-state index contributed by atoms with van der Waals surface area (Å²) in [7, 11) is 0. The van der Waals surface area contributed by atoms with Crippen molar-refractivity contribution in [1.82, 2.24) is 0 Å². The SMILES string of the molecule is N#CC(=Cc1cc(Br)c(OCc2ccccc2Cl)c(Br)c1)c1ccccc1Cl. The van der Waals surface area contributed by atoms with Gasteiger partial charge in [-0.25, -0.2) is 0 Å². The summed E-state index contributed by atoms with van der Waals surface area (Å²) in [5.74, 6) is 0.660. The molecule has 3 rings (SSSR count). The molecule has 0 unspecified atom stereocenters. The fraction of sp³-hybridized carbons (Fsp3) is 0.0455.